The number of hydrogen-bond acceptors (Lipinski definition) is 5. The lowest BCUT2D eigenvalue weighted by atomic mass is 10.2. The molecule has 0 bridgehead atoms. The van der Waals surface area contributed by atoms with E-state index in [-0.39, 0.29) is 5.84 Å². The van der Waals surface area contributed by atoms with E-state index in [1.807, 2.05) is 6.92 Å². The Hall–Kier alpha value is -1.60. The Morgan fingerprint density at radius 2 is 2.00 bits per heavy atom. The average molecular weight is 280 g/mol. The quantitative estimate of drug-likeness (QED) is 0.345. The molecule has 0 aliphatic carbocycles. The van der Waals surface area contributed by atoms with Crippen LogP contribution in [0.15, 0.2) is 11.2 Å². The van der Waals surface area contributed by atoms with E-state index in [1.165, 1.54) is 5.69 Å². The van der Waals surface area contributed by atoms with Crippen LogP contribution in [0.5, 0.6) is 0 Å². The molecular weight excluding hydrogens is 256 g/mol. The zero-order chi connectivity index (χ0) is 14.5. The van der Waals surface area contributed by atoms with Crippen molar-refractivity contribution < 1.29 is 5.21 Å². The molecule has 0 saturated carbocycles. The third-order valence-corrected chi connectivity index (χ3v) is 3.65. The van der Waals surface area contributed by atoms with Crippen molar-refractivity contribution in [2.45, 2.75) is 26.9 Å². The largest absolute Gasteiger partial charge is 0.409 e. The van der Waals surface area contributed by atoms with Gasteiger partial charge in [0.1, 0.15) is 0 Å². The Balaban J connectivity index is 1.85. The first-order valence-electron chi connectivity index (χ1n) is 7.06. The van der Waals surface area contributed by atoms with Gasteiger partial charge < -0.3 is 10.9 Å². The zero-order valence-corrected chi connectivity index (χ0v) is 12.3. The number of piperazine rings is 1. The van der Waals surface area contributed by atoms with Crippen LogP contribution in [0.2, 0.25) is 0 Å². The highest BCUT2D eigenvalue weighted by Gasteiger charge is 2.19. The molecule has 0 unspecified atom stereocenters. The molecule has 112 valence electrons. The number of nitrogens with zero attached hydrogens (tertiary/aromatic N) is 5. The topological polar surface area (TPSA) is 82.9 Å². The van der Waals surface area contributed by atoms with Crippen molar-refractivity contribution in [2.75, 3.05) is 32.7 Å². The maximum Gasteiger partial charge on any atom is 0.153 e. The van der Waals surface area contributed by atoms with Crippen LogP contribution in [-0.4, -0.2) is 63.3 Å². The third kappa shape index (κ3) is 3.71. The van der Waals surface area contributed by atoms with Crippen molar-refractivity contribution in [3.8, 4) is 0 Å². The fraction of sp³-hybridized carbons (Fsp3) is 0.692. The lowest BCUT2D eigenvalue weighted by Gasteiger charge is -2.34. The predicted octanol–water partition coefficient (Wildman–Crippen LogP) is 0.0754. The standard InChI is InChI=1S/C13H24N6O/c1-3-19-12(8-11(2)15-19)9-17-4-6-18(7-5-17)10-13(14)16-20/h8,20H,3-7,9-10H2,1-2H3,(H2,14,16). The van der Waals surface area contributed by atoms with Crippen molar-refractivity contribution >= 4 is 5.84 Å². The number of nitrogens with two attached hydrogens (primary N) is 1. The van der Waals surface area contributed by atoms with Crippen molar-refractivity contribution in [3.05, 3.63) is 17.5 Å². The van der Waals surface area contributed by atoms with Gasteiger partial charge in [0.15, 0.2) is 5.84 Å². The summed E-state index contributed by atoms with van der Waals surface area (Å²) >= 11 is 0. The van der Waals surface area contributed by atoms with Gasteiger partial charge in [-0.1, -0.05) is 5.16 Å². The maximum atomic E-state index is 8.59. The summed E-state index contributed by atoms with van der Waals surface area (Å²) in [6.45, 7) is 10.4. The second-order valence-corrected chi connectivity index (χ2v) is 5.24. The van der Waals surface area contributed by atoms with Gasteiger partial charge in [0, 0.05) is 39.3 Å². The Bertz CT molecular complexity index is 461. The molecular formula is C13H24N6O. The summed E-state index contributed by atoms with van der Waals surface area (Å²) in [5.74, 6) is 0.276. The highest BCUT2D eigenvalue weighted by Crippen LogP contribution is 2.10. The Kier molecular flexibility index (Phi) is 4.97. The fourth-order valence-electron chi connectivity index (χ4n) is 2.60. The first-order valence-corrected chi connectivity index (χ1v) is 7.06. The van der Waals surface area contributed by atoms with Crippen molar-refractivity contribution in [2.24, 2.45) is 10.9 Å². The molecule has 0 spiro atoms. The van der Waals surface area contributed by atoms with Crippen LogP contribution >= 0.6 is 0 Å². The molecule has 1 aromatic heterocycles. The molecule has 0 amide bonds. The number of aryl methyl sites for hydroxylation is 2. The molecule has 2 heterocycles. The van der Waals surface area contributed by atoms with Crippen LogP contribution < -0.4 is 5.73 Å². The van der Waals surface area contributed by atoms with E-state index in [0.29, 0.717) is 6.54 Å². The number of hydrogen-bond donors (Lipinski definition) is 2. The van der Waals surface area contributed by atoms with Crippen LogP contribution in [-0.2, 0) is 13.1 Å². The van der Waals surface area contributed by atoms with Gasteiger partial charge in [-0.15, -0.1) is 0 Å². The molecule has 1 aliphatic heterocycles. The van der Waals surface area contributed by atoms with Gasteiger partial charge in [-0.3, -0.25) is 14.5 Å². The van der Waals surface area contributed by atoms with E-state index >= 15 is 0 Å². The summed E-state index contributed by atoms with van der Waals surface area (Å²) in [5.41, 5.74) is 7.89. The van der Waals surface area contributed by atoms with Crippen LogP contribution in [0.1, 0.15) is 18.3 Å². The third-order valence-electron chi connectivity index (χ3n) is 3.65. The minimum absolute atomic E-state index is 0.276. The Morgan fingerprint density at radius 3 is 2.60 bits per heavy atom. The van der Waals surface area contributed by atoms with Gasteiger partial charge in [0.05, 0.1) is 17.9 Å². The zero-order valence-electron chi connectivity index (χ0n) is 12.3. The smallest absolute Gasteiger partial charge is 0.153 e. The van der Waals surface area contributed by atoms with E-state index in [4.69, 9.17) is 10.9 Å². The molecule has 1 aliphatic rings. The van der Waals surface area contributed by atoms with Gasteiger partial charge in [-0.05, 0) is 19.9 Å². The second kappa shape index (κ2) is 6.71. The number of aromatic nitrogens is 2. The highest BCUT2D eigenvalue weighted by molar-refractivity contribution is 5.81. The molecule has 0 aromatic carbocycles. The minimum atomic E-state index is 0.276. The van der Waals surface area contributed by atoms with E-state index in [9.17, 15) is 0 Å². The molecule has 1 saturated heterocycles. The summed E-state index contributed by atoms with van der Waals surface area (Å²) in [6.07, 6.45) is 0. The summed E-state index contributed by atoms with van der Waals surface area (Å²) in [4.78, 5) is 4.62. The van der Waals surface area contributed by atoms with Crippen molar-refractivity contribution in [1.29, 1.82) is 0 Å². The molecule has 1 aromatic rings. The second-order valence-electron chi connectivity index (χ2n) is 5.24. The Morgan fingerprint density at radius 1 is 1.35 bits per heavy atom. The predicted molar refractivity (Wildman–Crippen MR) is 77.8 cm³/mol. The van der Waals surface area contributed by atoms with E-state index in [2.05, 4.69) is 37.7 Å². The highest BCUT2D eigenvalue weighted by atomic mass is 16.4. The molecule has 7 heteroatoms. The lowest BCUT2D eigenvalue weighted by molar-refractivity contribution is 0.136. The van der Waals surface area contributed by atoms with E-state index < -0.39 is 0 Å². The molecule has 20 heavy (non-hydrogen) atoms. The minimum Gasteiger partial charge on any atom is -0.409 e. The van der Waals surface area contributed by atoms with Crippen molar-refractivity contribution in [3.63, 3.8) is 0 Å². The van der Waals surface area contributed by atoms with Gasteiger partial charge >= 0.3 is 0 Å². The fourth-order valence-corrected chi connectivity index (χ4v) is 2.60. The van der Waals surface area contributed by atoms with Gasteiger partial charge in [0.2, 0.25) is 0 Å². The lowest BCUT2D eigenvalue weighted by Crippen LogP contribution is -2.48. The van der Waals surface area contributed by atoms with Crippen LogP contribution in [0.4, 0.5) is 0 Å². The molecule has 1 fully saturated rings. The van der Waals surface area contributed by atoms with Gasteiger partial charge in [0.25, 0.3) is 0 Å². The van der Waals surface area contributed by atoms with Crippen molar-refractivity contribution in [1.82, 2.24) is 19.6 Å². The van der Waals surface area contributed by atoms with E-state index in [1.54, 1.807) is 0 Å². The normalized spacial score (nSPS) is 18.6. The summed E-state index contributed by atoms with van der Waals surface area (Å²) in [7, 11) is 0. The molecule has 3 N–H and O–H groups in total. The molecule has 2 rings (SSSR count). The maximum absolute atomic E-state index is 8.59. The number of rotatable bonds is 5. The molecule has 0 atom stereocenters. The number of amidine groups is 1. The summed E-state index contributed by atoms with van der Waals surface area (Å²) in [5, 5.41) is 16.1. The molecule has 7 nitrogen and oxygen atoms in total. The van der Waals surface area contributed by atoms with Crippen LogP contribution in [0.25, 0.3) is 0 Å². The first kappa shape index (κ1) is 14.8. The first-order chi connectivity index (χ1) is 9.62. The van der Waals surface area contributed by atoms with E-state index in [0.717, 1.165) is 45.0 Å². The van der Waals surface area contributed by atoms with Gasteiger partial charge in [-0.25, -0.2) is 0 Å². The van der Waals surface area contributed by atoms with Crippen LogP contribution in [0, 0.1) is 6.92 Å². The Labute approximate surface area is 119 Å². The summed E-state index contributed by atoms with van der Waals surface area (Å²) in [6, 6.07) is 2.16. The monoisotopic (exact) mass is 280 g/mol. The molecule has 0 radical (unpaired) electrons. The van der Waals surface area contributed by atoms with Gasteiger partial charge in [-0.2, -0.15) is 5.10 Å². The summed E-state index contributed by atoms with van der Waals surface area (Å²) < 4.78 is 2.07. The number of oxime groups is 1. The average Bonchev–Trinajstić information content (AvgIpc) is 2.80. The SMILES string of the molecule is CCn1nc(C)cc1CN1CCN(CC(N)=NO)CC1. The van der Waals surface area contributed by atoms with Crippen LogP contribution in [0.3, 0.4) is 0 Å².